The summed E-state index contributed by atoms with van der Waals surface area (Å²) in [5.41, 5.74) is 6.76. The summed E-state index contributed by atoms with van der Waals surface area (Å²) < 4.78 is 32.9. The Morgan fingerprint density at radius 2 is 1.78 bits per heavy atom. The highest BCUT2D eigenvalue weighted by Gasteiger charge is 2.21. The van der Waals surface area contributed by atoms with Crippen LogP contribution in [0.4, 0.5) is 5.69 Å². The van der Waals surface area contributed by atoms with Gasteiger partial charge in [0.15, 0.2) is 0 Å². The molecule has 0 bridgehead atoms. The number of nitrogens with two attached hydrogens (primary N) is 1. The van der Waals surface area contributed by atoms with E-state index >= 15 is 0 Å². The summed E-state index contributed by atoms with van der Waals surface area (Å²) in [6.45, 7) is 3.44. The summed E-state index contributed by atoms with van der Waals surface area (Å²) >= 11 is 0. The zero-order valence-corrected chi connectivity index (χ0v) is 13.9. The van der Waals surface area contributed by atoms with Crippen LogP contribution in [0.2, 0.25) is 0 Å². The van der Waals surface area contributed by atoms with Gasteiger partial charge in [-0.15, -0.1) is 0 Å². The van der Waals surface area contributed by atoms with Crippen LogP contribution in [0.3, 0.4) is 0 Å². The van der Waals surface area contributed by atoms with E-state index in [0.29, 0.717) is 16.9 Å². The molecule has 0 atom stereocenters. The maximum absolute atomic E-state index is 12.6. The molecule has 1 amide bonds. The number of anilines is 1. The number of rotatable bonds is 5. The van der Waals surface area contributed by atoms with E-state index in [9.17, 15) is 13.2 Å². The summed E-state index contributed by atoms with van der Waals surface area (Å²) in [7, 11) is -2.34. The number of hydrogen-bond acceptors (Lipinski definition) is 4. The minimum absolute atomic E-state index is 0.110. The van der Waals surface area contributed by atoms with E-state index in [0.717, 1.165) is 0 Å². The summed E-state index contributed by atoms with van der Waals surface area (Å²) in [6.07, 6.45) is 0. The summed E-state index contributed by atoms with van der Waals surface area (Å²) in [5, 5.41) is 0. The van der Waals surface area contributed by atoms with Crippen LogP contribution in [0, 0.1) is 13.8 Å². The van der Waals surface area contributed by atoms with Crippen LogP contribution in [0.15, 0.2) is 41.3 Å². The minimum Gasteiger partial charge on any atom is -0.496 e. The summed E-state index contributed by atoms with van der Waals surface area (Å²) in [6, 6.07) is 9.38. The van der Waals surface area contributed by atoms with Gasteiger partial charge in [-0.25, -0.2) is 8.42 Å². The molecule has 2 aromatic rings. The topological polar surface area (TPSA) is 98.5 Å². The zero-order valence-electron chi connectivity index (χ0n) is 13.1. The number of ether oxygens (including phenoxy) is 1. The summed E-state index contributed by atoms with van der Waals surface area (Å²) in [5.74, 6) is -0.0927. The fourth-order valence-electron chi connectivity index (χ4n) is 2.26. The number of amides is 1. The van der Waals surface area contributed by atoms with Gasteiger partial charge in [0.25, 0.3) is 15.9 Å². The van der Waals surface area contributed by atoms with Crippen LogP contribution in [0.25, 0.3) is 0 Å². The van der Waals surface area contributed by atoms with Crippen molar-refractivity contribution in [2.24, 2.45) is 5.73 Å². The highest BCUT2D eigenvalue weighted by molar-refractivity contribution is 7.92. The Morgan fingerprint density at radius 3 is 2.39 bits per heavy atom. The molecule has 23 heavy (non-hydrogen) atoms. The number of carbonyl (C=O) groups excluding carboxylic acids is 1. The van der Waals surface area contributed by atoms with E-state index in [1.807, 2.05) is 0 Å². The number of carbonyl (C=O) groups is 1. The summed E-state index contributed by atoms with van der Waals surface area (Å²) in [4.78, 5) is 11.5. The smallest absolute Gasteiger partial charge is 0.262 e. The predicted octanol–water partition coefficient (Wildman–Crippen LogP) is 2.21. The average molecular weight is 334 g/mol. The van der Waals surface area contributed by atoms with E-state index in [4.69, 9.17) is 10.5 Å². The van der Waals surface area contributed by atoms with Gasteiger partial charge in [-0.2, -0.15) is 0 Å². The van der Waals surface area contributed by atoms with E-state index in [1.54, 1.807) is 32.0 Å². The van der Waals surface area contributed by atoms with Crippen molar-refractivity contribution in [3.05, 3.63) is 53.1 Å². The van der Waals surface area contributed by atoms with Gasteiger partial charge in [0.05, 0.1) is 23.3 Å². The molecule has 122 valence electrons. The number of sulfonamides is 1. The van der Waals surface area contributed by atoms with Crippen molar-refractivity contribution in [2.75, 3.05) is 11.8 Å². The molecule has 0 heterocycles. The van der Waals surface area contributed by atoms with E-state index < -0.39 is 15.9 Å². The molecule has 2 rings (SSSR count). The first kappa shape index (κ1) is 16.8. The molecular weight excluding hydrogens is 316 g/mol. The Bertz CT molecular complexity index is 860. The molecule has 0 fully saturated rings. The predicted molar refractivity (Wildman–Crippen MR) is 88.2 cm³/mol. The first-order valence-corrected chi connectivity index (χ1v) is 8.31. The Hall–Kier alpha value is -2.54. The van der Waals surface area contributed by atoms with Crippen molar-refractivity contribution < 1.29 is 17.9 Å². The lowest BCUT2D eigenvalue weighted by Gasteiger charge is -2.14. The monoisotopic (exact) mass is 334 g/mol. The Balaban J connectivity index is 2.49. The highest BCUT2D eigenvalue weighted by Crippen LogP contribution is 2.27. The number of para-hydroxylation sites is 1. The van der Waals surface area contributed by atoms with Crippen LogP contribution in [0.5, 0.6) is 5.75 Å². The van der Waals surface area contributed by atoms with Crippen molar-refractivity contribution in [3.8, 4) is 5.75 Å². The van der Waals surface area contributed by atoms with Crippen LogP contribution >= 0.6 is 0 Å². The molecule has 0 saturated carbocycles. The second-order valence-electron chi connectivity index (χ2n) is 5.10. The van der Waals surface area contributed by atoms with E-state index in [2.05, 4.69) is 4.72 Å². The van der Waals surface area contributed by atoms with E-state index in [1.165, 1.54) is 25.3 Å². The highest BCUT2D eigenvalue weighted by atomic mass is 32.2. The molecular formula is C16H18N2O4S. The second kappa shape index (κ2) is 6.29. The molecule has 0 aliphatic rings. The SMILES string of the molecule is COc1cc(C)c(S(=O)(=O)Nc2ccccc2C(N)=O)cc1C. The molecule has 7 heteroatoms. The molecule has 0 spiro atoms. The molecule has 0 unspecified atom stereocenters. The third-order valence-corrected chi connectivity index (χ3v) is 4.93. The molecule has 0 saturated heterocycles. The molecule has 6 nitrogen and oxygen atoms in total. The van der Waals surface area contributed by atoms with Crippen LogP contribution in [0.1, 0.15) is 21.5 Å². The van der Waals surface area contributed by atoms with Gasteiger partial charge in [0, 0.05) is 0 Å². The van der Waals surface area contributed by atoms with Crippen LogP contribution in [-0.4, -0.2) is 21.4 Å². The van der Waals surface area contributed by atoms with Crippen molar-refractivity contribution in [2.45, 2.75) is 18.7 Å². The molecule has 0 radical (unpaired) electrons. The first-order chi connectivity index (χ1) is 10.8. The Kier molecular flexibility index (Phi) is 4.60. The molecule has 0 aliphatic heterocycles. The molecule has 2 aromatic carbocycles. The number of methoxy groups -OCH3 is 1. The largest absolute Gasteiger partial charge is 0.496 e. The van der Waals surface area contributed by atoms with Crippen molar-refractivity contribution in [3.63, 3.8) is 0 Å². The number of nitrogens with one attached hydrogen (secondary N) is 1. The fraction of sp³-hybridized carbons (Fsp3) is 0.188. The lowest BCUT2D eigenvalue weighted by Crippen LogP contribution is -2.19. The number of aryl methyl sites for hydroxylation is 2. The van der Waals surface area contributed by atoms with Crippen LogP contribution < -0.4 is 15.2 Å². The average Bonchev–Trinajstić information content (AvgIpc) is 2.48. The zero-order chi connectivity index (χ0) is 17.2. The number of hydrogen-bond donors (Lipinski definition) is 2. The molecule has 3 N–H and O–H groups in total. The number of benzene rings is 2. The van der Waals surface area contributed by atoms with Crippen molar-refractivity contribution >= 4 is 21.6 Å². The third kappa shape index (κ3) is 3.45. The second-order valence-corrected chi connectivity index (χ2v) is 6.75. The first-order valence-electron chi connectivity index (χ1n) is 6.83. The van der Waals surface area contributed by atoms with Gasteiger partial charge in [-0.1, -0.05) is 12.1 Å². The van der Waals surface area contributed by atoms with Gasteiger partial charge in [-0.3, -0.25) is 9.52 Å². The van der Waals surface area contributed by atoms with Gasteiger partial charge in [-0.05, 0) is 49.2 Å². The van der Waals surface area contributed by atoms with Gasteiger partial charge in [0.2, 0.25) is 0 Å². The fourth-order valence-corrected chi connectivity index (χ4v) is 3.65. The maximum atomic E-state index is 12.6. The van der Waals surface area contributed by atoms with E-state index in [-0.39, 0.29) is 16.1 Å². The van der Waals surface area contributed by atoms with Crippen molar-refractivity contribution in [1.29, 1.82) is 0 Å². The van der Waals surface area contributed by atoms with Crippen LogP contribution in [-0.2, 0) is 10.0 Å². The minimum atomic E-state index is -3.86. The normalized spacial score (nSPS) is 11.1. The lowest BCUT2D eigenvalue weighted by molar-refractivity contribution is 0.100. The Labute approximate surface area is 135 Å². The molecule has 0 aliphatic carbocycles. The molecule has 0 aromatic heterocycles. The van der Waals surface area contributed by atoms with Gasteiger partial charge >= 0.3 is 0 Å². The van der Waals surface area contributed by atoms with Gasteiger partial charge in [0.1, 0.15) is 5.75 Å². The maximum Gasteiger partial charge on any atom is 0.262 e. The lowest BCUT2D eigenvalue weighted by atomic mass is 10.1. The Morgan fingerprint density at radius 1 is 1.13 bits per heavy atom. The van der Waals surface area contributed by atoms with Gasteiger partial charge < -0.3 is 10.5 Å². The quantitative estimate of drug-likeness (QED) is 0.876. The number of primary amides is 1. The van der Waals surface area contributed by atoms with Crippen molar-refractivity contribution in [1.82, 2.24) is 0 Å². The third-order valence-electron chi connectivity index (χ3n) is 3.42. The standard InChI is InChI=1S/C16H18N2O4S/c1-10-9-15(11(2)8-14(10)22-3)23(20,21)18-13-7-5-4-6-12(13)16(17)19/h4-9,18H,1-3H3,(H2,17,19).